The molecule has 2 aromatic carbocycles. The number of sulfonamides is 1. The summed E-state index contributed by atoms with van der Waals surface area (Å²) in [5.74, 6) is -3.55. The summed E-state index contributed by atoms with van der Waals surface area (Å²) in [5, 5.41) is 2.32. The zero-order valence-corrected chi connectivity index (χ0v) is 14.1. The topological polar surface area (TPSA) is 66.5 Å². The van der Waals surface area contributed by atoms with Crippen molar-refractivity contribution in [3.8, 4) is 0 Å². The zero-order chi connectivity index (χ0) is 18.8. The maximum absolute atomic E-state index is 13.2. The summed E-state index contributed by atoms with van der Waals surface area (Å²) in [6, 6.07) is 6.11. The second-order valence-corrected chi connectivity index (χ2v) is 7.19. The number of rotatable bonds is 5. The summed E-state index contributed by atoms with van der Waals surface area (Å²) in [5.41, 5.74) is 0.0696. The molecule has 0 unspecified atom stereocenters. The highest BCUT2D eigenvalue weighted by Gasteiger charge is 2.29. The maximum atomic E-state index is 13.2. The predicted octanol–water partition coefficient (Wildman–Crippen LogP) is 2.90. The van der Waals surface area contributed by atoms with Crippen molar-refractivity contribution in [2.45, 2.75) is 13.0 Å². The van der Waals surface area contributed by atoms with E-state index < -0.39 is 39.4 Å². The summed E-state index contributed by atoms with van der Waals surface area (Å²) >= 11 is 0. The average Bonchev–Trinajstić information content (AvgIpc) is 2.51. The van der Waals surface area contributed by atoms with Crippen molar-refractivity contribution in [2.24, 2.45) is 0 Å². The Hall–Kier alpha value is -2.55. The number of anilines is 2. The minimum atomic E-state index is -3.87. The first-order valence-electron chi connectivity index (χ1n) is 7.10. The quantitative estimate of drug-likeness (QED) is 0.878. The lowest BCUT2D eigenvalue weighted by molar-refractivity contribution is -0.116. The van der Waals surface area contributed by atoms with E-state index in [1.165, 1.54) is 19.1 Å². The highest BCUT2D eigenvalue weighted by atomic mass is 32.2. The molecule has 5 nitrogen and oxygen atoms in total. The SMILES string of the molecule is C[C@H](C(=O)Nc1ccc(F)c(F)c1)N(c1ccc(F)cc1)S(C)(=O)=O. The molecule has 0 bridgehead atoms. The van der Waals surface area contributed by atoms with Crippen molar-refractivity contribution >= 4 is 27.3 Å². The predicted molar refractivity (Wildman–Crippen MR) is 88.2 cm³/mol. The fourth-order valence-electron chi connectivity index (χ4n) is 2.22. The number of nitrogens with zero attached hydrogens (tertiary/aromatic N) is 1. The van der Waals surface area contributed by atoms with E-state index in [2.05, 4.69) is 5.32 Å². The van der Waals surface area contributed by atoms with Gasteiger partial charge in [-0.1, -0.05) is 0 Å². The highest BCUT2D eigenvalue weighted by molar-refractivity contribution is 7.92. The third-order valence-corrected chi connectivity index (χ3v) is 4.60. The van der Waals surface area contributed by atoms with E-state index in [1.807, 2.05) is 0 Å². The largest absolute Gasteiger partial charge is 0.324 e. The van der Waals surface area contributed by atoms with Gasteiger partial charge in [0, 0.05) is 11.8 Å². The first-order valence-corrected chi connectivity index (χ1v) is 8.95. The lowest BCUT2D eigenvalue weighted by atomic mass is 10.2. The van der Waals surface area contributed by atoms with Crippen LogP contribution in [0.2, 0.25) is 0 Å². The van der Waals surface area contributed by atoms with Crippen molar-refractivity contribution in [3.05, 3.63) is 59.9 Å². The van der Waals surface area contributed by atoms with Crippen LogP contribution in [0.15, 0.2) is 42.5 Å². The van der Waals surface area contributed by atoms with Crippen LogP contribution >= 0.6 is 0 Å². The molecule has 0 saturated carbocycles. The van der Waals surface area contributed by atoms with E-state index >= 15 is 0 Å². The van der Waals surface area contributed by atoms with Gasteiger partial charge in [0.2, 0.25) is 15.9 Å². The van der Waals surface area contributed by atoms with Crippen LogP contribution in [0.4, 0.5) is 24.5 Å². The van der Waals surface area contributed by atoms with E-state index in [0.29, 0.717) is 0 Å². The zero-order valence-electron chi connectivity index (χ0n) is 13.3. The fraction of sp³-hybridized carbons (Fsp3) is 0.188. The Kier molecular flexibility index (Phi) is 5.36. The Labute approximate surface area is 143 Å². The molecule has 1 atom stereocenters. The second kappa shape index (κ2) is 7.14. The minimum Gasteiger partial charge on any atom is -0.324 e. The van der Waals surface area contributed by atoms with Crippen molar-refractivity contribution in [3.63, 3.8) is 0 Å². The summed E-state index contributed by atoms with van der Waals surface area (Å²) < 4.78 is 64.1. The van der Waals surface area contributed by atoms with Crippen molar-refractivity contribution in [1.82, 2.24) is 0 Å². The van der Waals surface area contributed by atoms with Gasteiger partial charge in [-0.3, -0.25) is 9.10 Å². The van der Waals surface area contributed by atoms with E-state index in [4.69, 9.17) is 0 Å². The summed E-state index contributed by atoms with van der Waals surface area (Å²) in [4.78, 5) is 12.3. The van der Waals surface area contributed by atoms with Gasteiger partial charge < -0.3 is 5.32 Å². The standard InChI is InChI=1S/C16H15F3N2O3S/c1-10(16(22)20-12-5-8-14(18)15(19)9-12)21(25(2,23)24)13-6-3-11(17)4-7-13/h3-10H,1-2H3,(H,20,22)/t10-/m1/s1. The van der Waals surface area contributed by atoms with Crippen LogP contribution in [0.1, 0.15) is 6.92 Å². The molecule has 25 heavy (non-hydrogen) atoms. The third kappa shape index (κ3) is 4.50. The number of carbonyl (C=O) groups is 1. The van der Waals surface area contributed by atoms with Gasteiger partial charge in [0.05, 0.1) is 11.9 Å². The Morgan fingerprint density at radius 1 is 1.04 bits per heavy atom. The van der Waals surface area contributed by atoms with E-state index in [0.717, 1.165) is 40.9 Å². The van der Waals surface area contributed by atoms with E-state index in [-0.39, 0.29) is 11.4 Å². The molecular formula is C16H15F3N2O3S. The van der Waals surface area contributed by atoms with Gasteiger partial charge in [-0.05, 0) is 43.3 Å². The van der Waals surface area contributed by atoms with E-state index in [9.17, 15) is 26.4 Å². The molecule has 0 fully saturated rings. The van der Waals surface area contributed by atoms with Gasteiger partial charge in [-0.2, -0.15) is 0 Å². The lowest BCUT2D eigenvalue weighted by Crippen LogP contribution is -2.45. The van der Waals surface area contributed by atoms with Gasteiger partial charge in [0.1, 0.15) is 11.9 Å². The van der Waals surface area contributed by atoms with Crippen LogP contribution in [-0.2, 0) is 14.8 Å². The highest BCUT2D eigenvalue weighted by Crippen LogP contribution is 2.22. The molecule has 0 aliphatic heterocycles. The Bertz CT molecular complexity index is 886. The molecule has 1 amide bonds. The van der Waals surface area contributed by atoms with E-state index in [1.54, 1.807) is 0 Å². The molecule has 0 aliphatic rings. The molecule has 2 aromatic rings. The molecule has 0 saturated heterocycles. The van der Waals surface area contributed by atoms with Gasteiger partial charge in [-0.25, -0.2) is 21.6 Å². The summed E-state index contributed by atoms with van der Waals surface area (Å²) in [7, 11) is -3.87. The minimum absolute atomic E-state index is 0.0247. The van der Waals surface area contributed by atoms with Crippen LogP contribution in [0.25, 0.3) is 0 Å². The monoisotopic (exact) mass is 372 g/mol. The molecule has 2 rings (SSSR count). The molecule has 0 radical (unpaired) electrons. The van der Waals surface area contributed by atoms with Gasteiger partial charge in [0.25, 0.3) is 0 Å². The van der Waals surface area contributed by atoms with Crippen LogP contribution in [-0.4, -0.2) is 26.6 Å². The molecule has 9 heteroatoms. The van der Waals surface area contributed by atoms with Crippen LogP contribution in [0.5, 0.6) is 0 Å². The second-order valence-electron chi connectivity index (χ2n) is 5.33. The number of carbonyl (C=O) groups excluding carboxylic acids is 1. The number of halogens is 3. The molecule has 0 spiro atoms. The first kappa shape index (κ1) is 18.8. The number of amides is 1. The summed E-state index contributed by atoms with van der Waals surface area (Å²) in [6.45, 7) is 1.32. The smallest absolute Gasteiger partial charge is 0.247 e. The van der Waals surface area contributed by atoms with Gasteiger partial charge in [0.15, 0.2) is 11.6 Å². The third-order valence-electron chi connectivity index (χ3n) is 3.36. The van der Waals surface area contributed by atoms with Crippen LogP contribution in [0.3, 0.4) is 0 Å². The molecule has 0 heterocycles. The first-order chi connectivity index (χ1) is 11.6. The fourth-order valence-corrected chi connectivity index (χ4v) is 3.39. The normalized spacial score (nSPS) is 12.5. The Balaban J connectivity index is 2.29. The maximum Gasteiger partial charge on any atom is 0.247 e. The van der Waals surface area contributed by atoms with Crippen molar-refractivity contribution in [2.75, 3.05) is 15.9 Å². The number of benzene rings is 2. The molecule has 134 valence electrons. The van der Waals surface area contributed by atoms with Crippen LogP contribution in [0, 0.1) is 17.5 Å². The molecule has 0 aliphatic carbocycles. The summed E-state index contributed by atoms with van der Waals surface area (Å²) in [6.07, 6.45) is 0.900. The Morgan fingerprint density at radius 3 is 2.16 bits per heavy atom. The van der Waals surface area contributed by atoms with Crippen LogP contribution < -0.4 is 9.62 Å². The van der Waals surface area contributed by atoms with Crippen molar-refractivity contribution in [1.29, 1.82) is 0 Å². The average molecular weight is 372 g/mol. The number of hydrogen-bond acceptors (Lipinski definition) is 3. The van der Waals surface area contributed by atoms with Crippen molar-refractivity contribution < 1.29 is 26.4 Å². The lowest BCUT2D eigenvalue weighted by Gasteiger charge is -2.28. The van der Waals surface area contributed by atoms with Gasteiger partial charge in [-0.15, -0.1) is 0 Å². The molecular weight excluding hydrogens is 357 g/mol. The molecule has 0 aromatic heterocycles. The Morgan fingerprint density at radius 2 is 1.64 bits per heavy atom. The number of nitrogens with one attached hydrogen (secondary N) is 1. The number of hydrogen-bond donors (Lipinski definition) is 1. The van der Waals surface area contributed by atoms with Gasteiger partial charge >= 0.3 is 0 Å². The molecule has 1 N–H and O–H groups in total.